The predicted octanol–water partition coefficient (Wildman–Crippen LogP) is 0.665. The number of aliphatic carboxylic acids is 1. The Morgan fingerprint density at radius 2 is 2.17 bits per heavy atom. The van der Waals surface area contributed by atoms with Gasteiger partial charge in [0, 0.05) is 20.1 Å². The fourth-order valence-corrected chi connectivity index (χ4v) is 2.28. The number of carbonyl (C=O) groups excluding carboxylic acids is 1. The third kappa shape index (κ3) is 1.98. The fraction of sp³-hybridized carbons (Fsp3) is 0.583. The fourth-order valence-electron chi connectivity index (χ4n) is 2.28. The van der Waals surface area contributed by atoms with Crippen LogP contribution in [0.3, 0.4) is 0 Å². The third-order valence-electron chi connectivity index (χ3n) is 3.50. The van der Waals surface area contributed by atoms with E-state index in [9.17, 15) is 9.59 Å². The molecule has 1 atom stereocenters. The molecule has 6 nitrogen and oxygen atoms in total. The van der Waals surface area contributed by atoms with E-state index in [-0.39, 0.29) is 12.5 Å². The average molecular weight is 251 g/mol. The molecule has 1 aliphatic heterocycles. The Balaban J connectivity index is 2.18. The molecule has 1 fully saturated rings. The van der Waals surface area contributed by atoms with Crippen LogP contribution < -0.4 is 0 Å². The molecule has 0 bridgehead atoms. The van der Waals surface area contributed by atoms with Crippen LogP contribution in [-0.4, -0.2) is 44.8 Å². The highest BCUT2D eigenvalue weighted by Gasteiger charge is 2.42. The number of carboxylic acids is 1. The first-order chi connectivity index (χ1) is 8.33. The van der Waals surface area contributed by atoms with Crippen molar-refractivity contribution in [2.45, 2.75) is 20.3 Å². The van der Waals surface area contributed by atoms with Gasteiger partial charge in [0.1, 0.15) is 5.69 Å². The number of rotatable bonds is 2. The van der Waals surface area contributed by atoms with Gasteiger partial charge in [0.15, 0.2) is 0 Å². The first kappa shape index (κ1) is 12.6. The molecule has 1 saturated heterocycles. The van der Waals surface area contributed by atoms with E-state index in [1.54, 1.807) is 24.9 Å². The Morgan fingerprint density at radius 3 is 2.61 bits per heavy atom. The van der Waals surface area contributed by atoms with Crippen LogP contribution >= 0.6 is 0 Å². The first-order valence-electron chi connectivity index (χ1n) is 5.87. The van der Waals surface area contributed by atoms with E-state index in [0.29, 0.717) is 18.7 Å². The minimum absolute atomic E-state index is 0.150. The maximum atomic E-state index is 12.3. The second-order valence-electron chi connectivity index (χ2n) is 5.14. The summed E-state index contributed by atoms with van der Waals surface area (Å²) in [7, 11) is 1.71. The van der Waals surface area contributed by atoms with Gasteiger partial charge < -0.3 is 10.0 Å². The number of amides is 1. The van der Waals surface area contributed by atoms with Crippen molar-refractivity contribution >= 4 is 11.9 Å². The summed E-state index contributed by atoms with van der Waals surface area (Å²) in [5, 5.41) is 13.3. The zero-order chi connectivity index (χ0) is 13.5. The second kappa shape index (κ2) is 4.12. The molecule has 0 spiro atoms. The summed E-state index contributed by atoms with van der Waals surface area (Å²) in [6.45, 7) is 4.23. The molecule has 0 aromatic carbocycles. The molecular weight excluding hydrogens is 234 g/mol. The van der Waals surface area contributed by atoms with Crippen LogP contribution in [-0.2, 0) is 11.8 Å². The zero-order valence-corrected chi connectivity index (χ0v) is 10.8. The van der Waals surface area contributed by atoms with Gasteiger partial charge in [0.2, 0.25) is 0 Å². The Bertz CT molecular complexity index is 509. The summed E-state index contributed by atoms with van der Waals surface area (Å²) in [6, 6.07) is 1.72. The van der Waals surface area contributed by atoms with Crippen molar-refractivity contribution in [3.8, 4) is 0 Å². The summed E-state index contributed by atoms with van der Waals surface area (Å²) >= 11 is 0. The standard InChI is InChI=1S/C12H17N3O3/c1-8-6-9(14(3)13-8)10(16)15-5-4-12(2,7-15)11(17)18/h6H,4-5,7H2,1-3H3,(H,17,18)/t12-/m0/s1. The van der Waals surface area contributed by atoms with Gasteiger partial charge in [-0.05, 0) is 26.3 Å². The molecule has 1 aliphatic rings. The highest BCUT2D eigenvalue weighted by Crippen LogP contribution is 2.30. The zero-order valence-electron chi connectivity index (χ0n) is 10.8. The smallest absolute Gasteiger partial charge is 0.311 e. The molecule has 0 aliphatic carbocycles. The monoisotopic (exact) mass is 251 g/mol. The number of hydrogen-bond acceptors (Lipinski definition) is 3. The van der Waals surface area contributed by atoms with Crippen LogP contribution in [0.1, 0.15) is 29.5 Å². The molecule has 0 unspecified atom stereocenters. The van der Waals surface area contributed by atoms with Crippen molar-refractivity contribution in [1.29, 1.82) is 0 Å². The van der Waals surface area contributed by atoms with E-state index in [1.807, 2.05) is 6.92 Å². The molecule has 2 heterocycles. The van der Waals surface area contributed by atoms with Gasteiger partial charge in [-0.2, -0.15) is 5.10 Å². The van der Waals surface area contributed by atoms with Crippen molar-refractivity contribution in [3.63, 3.8) is 0 Å². The summed E-state index contributed by atoms with van der Waals surface area (Å²) in [6.07, 6.45) is 0.491. The first-order valence-corrected chi connectivity index (χ1v) is 5.87. The van der Waals surface area contributed by atoms with E-state index in [4.69, 9.17) is 5.11 Å². The highest BCUT2D eigenvalue weighted by atomic mass is 16.4. The molecule has 0 saturated carbocycles. The van der Waals surface area contributed by atoms with Gasteiger partial charge in [-0.25, -0.2) is 0 Å². The van der Waals surface area contributed by atoms with Crippen LogP contribution in [0, 0.1) is 12.3 Å². The summed E-state index contributed by atoms with van der Waals surface area (Å²) < 4.78 is 1.54. The van der Waals surface area contributed by atoms with E-state index in [2.05, 4.69) is 5.10 Å². The lowest BCUT2D eigenvalue weighted by atomic mass is 9.90. The minimum Gasteiger partial charge on any atom is -0.481 e. The number of carbonyl (C=O) groups is 2. The number of nitrogens with zero attached hydrogens (tertiary/aromatic N) is 3. The number of likely N-dealkylation sites (tertiary alicyclic amines) is 1. The molecule has 1 aromatic heterocycles. The van der Waals surface area contributed by atoms with Crippen LogP contribution in [0.5, 0.6) is 0 Å². The van der Waals surface area contributed by atoms with Crippen molar-refractivity contribution in [3.05, 3.63) is 17.5 Å². The van der Waals surface area contributed by atoms with Crippen LogP contribution in [0.4, 0.5) is 0 Å². The molecule has 0 radical (unpaired) electrons. The van der Waals surface area contributed by atoms with Crippen LogP contribution in [0.25, 0.3) is 0 Å². The third-order valence-corrected chi connectivity index (χ3v) is 3.50. The maximum Gasteiger partial charge on any atom is 0.311 e. The Morgan fingerprint density at radius 1 is 1.50 bits per heavy atom. The lowest BCUT2D eigenvalue weighted by Gasteiger charge is -2.20. The predicted molar refractivity (Wildman–Crippen MR) is 64.2 cm³/mol. The Labute approximate surface area is 105 Å². The van der Waals surface area contributed by atoms with Crippen LogP contribution in [0.2, 0.25) is 0 Å². The number of hydrogen-bond donors (Lipinski definition) is 1. The Kier molecular flexibility index (Phi) is 2.88. The van der Waals surface area contributed by atoms with Gasteiger partial charge in [-0.1, -0.05) is 0 Å². The molecule has 1 N–H and O–H groups in total. The minimum atomic E-state index is -0.848. The van der Waals surface area contributed by atoms with Crippen molar-refractivity contribution < 1.29 is 14.7 Å². The van der Waals surface area contributed by atoms with Gasteiger partial charge in [0.25, 0.3) is 5.91 Å². The van der Waals surface area contributed by atoms with Crippen molar-refractivity contribution in [1.82, 2.24) is 14.7 Å². The second-order valence-corrected chi connectivity index (χ2v) is 5.14. The van der Waals surface area contributed by atoms with Crippen LogP contribution in [0.15, 0.2) is 6.07 Å². The normalized spacial score (nSPS) is 23.4. The summed E-state index contributed by atoms with van der Waals surface area (Å²) in [4.78, 5) is 25.0. The van der Waals surface area contributed by atoms with Gasteiger partial charge in [-0.3, -0.25) is 14.3 Å². The number of aromatic nitrogens is 2. The largest absolute Gasteiger partial charge is 0.481 e. The quantitative estimate of drug-likeness (QED) is 0.838. The van der Waals surface area contributed by atoms with E-state index >= 15 is 0 Å². The van der Waals surface area contributed by atoms with Gasteiger partial charge >= 0.3 is 5.97 Å². The Hall–Kier alpha value is -1.85. The molecule has 1 amide bonds. The van der Waals surface area contributed by atoms with Gasteiger partial charge in [0.05, 0.1) is 11.1 Å². The lowest BCUT2D eigenvalue weighted by molar-refractivity contribution is -0.147. The highest BCUT2D eigenvalue weighted by molar-refractivity contribution is 5.93. The maximum absolute atomic E-state index is 12.3. The van der Waals surface area contributed by atoms with E-state index < -0.39 is 11.4 Å². The molecule has 18 heavy (non-hydrogen) atoms. The molecule has 1 aromatic rings. The molecular formula is C12H17N3O3. The SMILES string of the molecule is Cc1cc(C(=O)N2CC[C@](C)(C(=O)O)C2)n(C)n1. The van der Waals surface area contributed by atoms with Gasteiger partial charge in [-0.15, -0.1) is 0 Å². The summed E-state index contributed by atoms with van der Waals surface area (Å²) in [5.74, 6) is -0.998. The van der Waals surface area contributed by atoms with E-state index in [1.165, 1.54) is 4.68 Å². The average Bonchev–Trinajstić information content (AvgIpc) is 2.82. The lowest BCUT2D eigenvalue weighted by Crippen LogP contribution is -2.35. The van der Waals surface area contributed by atoms with Crippen molar-refractivity contribution in [2.75, 3.05) is 13.1 Å². The van der Waals surface area contributed by atoms with Crippen molar-refractivity contribution in [2.24, 2.45) is 12.5 Å². The topological polar surface area (TPSA) is 75.4 Å². The summed E-state index contributed by atoms with van der Waals surface area (Å²) in [5.41, 5.74) is 0.451. The van der Waals surface area contributed by atoms with E-state index in [0.717, 1.165) is 5.69 Å². The number of aryl methyl sites for hydroxylation is 2. The molecule has 6 heteroatoms. The molecule has 2 rings (SSSR count). The number of carboxylic acid groups (broad SMARTS) is 1. The molecule has 98 valence electrons.